The molecule has 0 radical (unpaired) electrons. The van der Waals surface area contributed by atoms with Crippen LogP contribution in [0.1, 0.15) is 10.4 Å². The maximum Gasteiger partial charge on any atom is 0.272 e. The van der Waals surface area contributed by atoms with Crippen molar-refractivity contribution in [3.63, 3.8) is 0 Å². The predicted octanol–water partition coefficient (Wildman–Crippen LogP) is 2.29. The predicted molar refractivity (Wildman–Crippen MR) is 110 cm³/mol. The summed E-state index contributed by atoms with van der Waals surface area (Å²) in [6.07, 6.45) is 0. The second-order valence-electron chi connectivity index (χ2n) is 6.19. The average Bonchev–Trinajstić information content (AvgIpc) is 2.73. The Bertz CT molecular complexity index is 1160. The van der Waals surface area contributed by atoms with Gasteiger partial charge in [-0.1, -0.05) is 24.3 Å². The number of anilines is 1. The molecule has 30 heavy (non-hydrogen) atoms. The molecule has 154 valence electrons. The van der Waals surface area contributed by atoms with Crippen molar-refractivity contribution in [1.82, 2.24) is 0 Å². The molecule has 0 saturated carbocycles. The summed E-state index contributed by atoms with van der Waals surface area (Å²) in [5.41, 5.74) is 5.07. The number of phenols is 1. The van der Waals surface area contributed by atoms with Gasteiger partial charge in [0, 0.05) is 11.6 Å². The Labute approximate surface area is 173 Å². The SMILES string of the molecule is NC(=O)COc1ccc(C(=O)N(c2cccc(O)c2)S(=O)(=O)c2ccccc2)cc1. The topological polar surface area (TPSA) is 127 Å². The van der Waals surface area contributed by atoms with Gasteiger partial charge in [-0.3, -0.25) is 9.59 Å². The molecule has 0 heterocycles. The lowest BCUT2D eigenvalue weighted by molar-refractivity contribution is -0.119. The fraction of sp³-hybridized carbons (Fsp3) is 0.0476. The van der Waals surface area contributed by atoms with Gasteiger partial charge in [0.25, 0.3) is 21.8 Å². The Balaban J connectivity index is 2.02. The first-order valence-electron chi connectivity index (χ1n) is 8.74. The number of benzene rings is 3. The van der Waals surface area contributed by atoms with Crippen LogP contribution in [0.5, 0.6) is 11.5 Å². The first kappa shape index (κ1) is 20.9. The van der Waals surface area contributed by atoms with Crippen LogP contribution in [-0.2, 0) is 14.8 Å². The summed E-state index contributed by atoms with van der Waals surface area (Å²) in [6, 6.07) is 18.5. The third kappa shape index (κ3) is 4.58. The summed E-state index contributed by atoms with van der Waals surface area (Å²) in [4.78, 5) is 23.9. The van der Waals surface area contributed by atoms with Gasteiger partial charge in [0.1, 0.15) is 11.5 Å². The molecule has 0 aromatic heterocycles. The first-order chi connectivity index (χ1) is 14.3. The number of phenolic OH excluding ortho intramolecular Hbond substituents is 1. The minimum Gasteiger partial charge on any atom is -0.508 e. The molecule has 0 atom stereocenters. The summed E-state index contributed by atoms with van der Waals surface area (Å²) >= 11 is 0. The minimum absolute atomic E-state index is 0.0158. The van der Waals surface area contributed by atoms with E-state index in [1.54, 1.807) is 18.2 Å². The number of carbonyl (C=O) groups excluding carboxylic acids is 2. The zero-order valence-electron chi connectivity index (χ0n) is 15.6. The molecule has 0 spiro atoms. The molecule has 0 fully saturated rings. The van der Waals surface area contributed by atoms with Gasteiger partial charge in [0.05, 0.1) is 10.6 Å². The van der Waals surface area contributed by atoms with E-state index >= 15 is 0 Å². The van der Waals surface area contributed by atoms with Crippen molar-refractivity contribution in [2.24, 2.45) is 5.73 Å². The molecule has 0 aliphatic carbocycles. The molecule has 9 heteroatoms. The highest BCUT2D eigenvalue weighted by atomic mass is 32.2. The normalized spacial score (nSPS) is 10.9. The highest BCUT2D eigenvalue weighted by molar-refractivity contribution is 7.93. The van der Waals surface area contributed by atoms with Gasteiger partial charge in [-0.2, -0.15) is 4.31 Å². The summed E-state index contributed by atoms with van der Waals surface area (Å²) in [5.74, 6) is -1.38. The number of amides is 2. The third-order valence-electron chi connectivity index (χ3n) is 4.01. The number of nitrogens with zero attached hydrogens (tertiary/aromatic N) is 1. The quantitative estimate of drug-likeness (QED) is 0.597. The number of rotatable bonds is 7. The number of aromatic hydroxyl groups is 1. The minimum atomic E-state index is -4.27. The highest BCUT2D eigenvalue weighted by Crippen LogP contribution is 2.28. The Morgan fingerprint density at radius 1 is 0.933 bits per heavy atom. The number of nitrogens with two attached hydrogens (primary N) is 1. The molecular formula is C21H18N2O6S. The number of hydrogen-bond acceptors (Lipinski definition) is 6. The fourth-order valence-corrected chi connectivity index (χ4v) is 4.07. The second-order valence-corrected chi connectivity index (χ2v) is 7.97. The van der Waals surface area contributed by atoms with Crippen LogP contribution in [0.3, 0.4) is 0 Å². The maximum atomic E-state index is 13.3. The molecule has 3 aromatic rings. The molecule has 0 saturated heterocycles. The maximum absolute atomic E-state index is 13.3. The van der Waals surface area contributed by atoms with Crippen LogP contribution in [0.25, 0.3) is 0 Å². The molecular weight excluding hydrogens is 408 g/mol. The van der Waals surface area contributed by atoms with E-state index in [1.165, 1.54) is 60.7 Å². The van der Waals surface area contributed by atoms with E-state index in [9.17, 15) is 23.1 Å². The van der Waals surface area contributed by atoms with Crippen LogP contribution in [0.2, 0.25) is 0 Å². The van der Waals surface area contributed by atoms with Gasteiger partial charge in [0.15, 0.2) is 6.61 Å². The van der Waals surface area contributed by atoms with Gasteiger partial charge in [0.2, 0.25) is 0 Å². The number of ether oxygens (including phenoxy) is 1. The van der Waals surface area contributed by atoms with Crippen LogP contribution < -0.4 is 14.8 Å². The number of primary amides is 1. The monoisotopic (exact) mass is 426 g/mol. The van der Waals surface area contributed by atoms with Crippen LogP contribution in [0, 0.1) is 0 Å². The molecule has 2 amide bonds. The van der Waals surface area contributed by atoms with Crippen LogP contribution in [-0.4, -0.2) is 31.9 Å². The Kier molecular flexibility index (Phi) is 6.03. The van der Waals surface area contributed by atoms with Crippen LogP contribution >= 0.6 is 0 Å². The summed E-state index contributed by atoms with van der Waals surface area (Å²) in [6.45, 7) is -0.328. The molecule has 0 aliphatic rings. The van der Waals surface area contributed by atoms with Crippen LogP contribution in [0.15, 0.2) is 83.8 Å². The number of hydrogen-bond donors (Lipinski definition) is 2. The summed E-state index contributed by atoms with van der Waals surface area (Å²) < 4.78 is 32.3. The molecule has 0 unspecified atom stereocenters. The van der Waals surface area contributed by atoms with Crippen molar-refractivity contribution in [2.45, 2.75) is 4.90 Å². The van der Waals surface area contributed by atoms with Crippen molar-refractivity contribution in [3.8, 4) is 11.5 Å². The van der Waals surface area contributed by atoms with Gasteiger partial charge in [-0.25, -0.2) is 8.42 Å². The molecule has 3 N–H and O–H groups in total. The van der Waals surface area contributed by atoms with E-state index in [0.717, 1.165) is 0 Å². The Hall–Kier alpha value is -3.85. The zero-order chi connectivity index (χ0) is 21.7. The van der Waals surface area contributed by atoms with Crippen molar-refractivity contribution in [2.75, 3.05) is 10.9 Å². The van der Waals surface area contributed by atoms with E-state index in [1.807, 2.05) is 0 Å². The van der Waals surface area contributed by atoms with Gasteiger partial charge < -0.3 is 15.6 Å². The highest BCUT2D eigenvalue weighted by Gasteiger charge is 2.32. The van der Waals surface area contributed by atoms with Crippen molar-refractivity contribution in [1.29, 1.82) is 0 Å². The van der Waals surface area contributed by atoms with E-state index in [0.29, 0.717) is 10.1 Å². The van der Waals surface area contributed by atoms with E-state index in [4.69, 9.17) is 10.5 Å². The zero-order valence-corrected chi connectivity index (χ0v) is 16.5. The Morgan fingerprint density at radius 2 is 1.60 bits per heavy atom. The van der Waals surface area contributed by atoms with Crippen molar-refractivity contribution in [3.05, 3.63) is 84.4 Å². The van der Waals surface area contributed by atoms with Crippen LogP contribution in [0.4, 0.5) is 5.69 Å². The molecule has 8 nitrogen and oxygen atoms in total. The lowest BCUT2D eigenvalue weighted by atomic mass is 10.2. The molecule has 0 aliphatic heterocycles. The van der Waals surface area contributed by atoms with E-state index < -0.39 is 21.8 Å². The lowest BCUT2D eigenvalue weighted by Gasteiger charge is -2.23. The van der Waals surface area contributed by atoms with Gasteiger partial charge in [-0.05, 0) is 48.5 Å². The summed E-state index contributed by atoms with van der Waals surface area (Å²) in [5, 5.41) is 9.80. The second kappa shape index (κ2) is 8.66. The van der Waals surface area contributed by atoms with Gasteiger partial charge in [-0.15, -0.1) is 0 Å². The molecule has 3 aromatic carbocycles. The smallest absolute Gasteiger partial charge is 0.272 e. The van der Waals surface area contributed by atoms with Crippen molar-refractivity contribution < 1.29 is 27.9 Å². The number of sulfonamides is 1. The number of carbonyl (C=O) groups is 2. The molecule has 3 rings (SSSR count). The largest absolute Gasteiger partial charge is 0.508 e. The average molecular weight is 426 g/mol. The Morgan fingerprint density at radius 3 is 2.20 bits per heavy atom. The van der Waals surface area contributed by atoms with Crippen molar-refractivity contribution >= 4 is 27.5 Å². The lowest BCUT2D eigenvalue weighted by Crippen LogP contribution is -2.37. The summed E-state index contributed by atoms with van der Waals surface area (Å²) in [7, 11) is -4.27. The molecule has 0 bridgehead atoms. The van der Waals surface area contributed by atoms with Gasteiger partial charge >= 0.3 is 0 Å². The first-order valence-corrected chi connectivity index (χ1v) is 10.2. The third-order valence-corrected chi connectivity index (χ3v) is 5.74. The van der Waals surface area contributed by atoms with E-state index in [2.05, 4.69) is 0 Å². The standard InChI is InChI=1S/C21H18N2O6S/c22-20(25)14-29-18-11-9-15(10-12-18)21(26)23(16-5-4-6-17(24)13-16)30(27,28)19-7-2-1-3-8-19/h1-13,24H,14H2,(H2,22,25). The fourth-order valence-electron chi connectivity index (χ4n) is 2.65. The van der Waals surface area contributed by atoms with E-state index in [-0.39, 0.29) is 28.5 Å².